The van der Waals surface area contributed by atoms with E-state index in [0.717, 1.165) is 10.6 Å². The smallest absolute Gasteiger partial charge is 0.221 e. The molecule has 0 aromatic heterocycles. The molecule has 0 aliphatic carbocycles. The van der Waals surface area contributed by atoms with Crippen LogP contribution in [-0.2, 0) is 15.3 Å². The fourth-order valence-electron chi connectivity index (χ4n) is 0.938. The van der Waals surface area contributed by atoms with Crippen LogP contribution in [0.3, 0.4) is 0 Å². The van der Waals surface area contributed by atoms with Gasteiger partial charge in [-0.2, -0.15) is 0 Å². The normalized spacial score (nSPS) is 10.0. The standard InChI is InChI=1S/C9H11N2OS/c1-7(12)11-8-3-5-9(6-4-8)13(2)10/h3-6H,1-2H3,(H,11,12)/q-1. The summed E-state index contributed by atoms with van der Waals surface area (Å²) in [7, 11) is -0.713. The second-order valence-corrected chi connectivity index (χ2v) is 4.11. The number of anilines is 1. The minimum atomic E-state index is -0.713. The molecule has 1 aromatic rings. The molecule has 0 spiro atoms. The van der Waals surface area contributed by atoms with Crippen LogP contribution in [0.2, 0.25) is 0 Å². The number of benzene rings is 1. The van der Waals surface area contributed by atoms with Gasteiger partial charge in [-0.15, -0.1) is 11.2 Å². The molecule has 0 heterocycles. The lowest BCUT2D eigenvalue weighted by Crippen LogP contribution is -2.05. The largest absolute Gasteiger partial charge is 0.426 e. The number of nitrogens with one attached hydrogen (secondary N) is 1. The van der Waals surface area contributed by atoms with E-state index in [4.69, 9.17) is 0 Å². The van der Waals surface area contributed by atoms with E-state index in [0.29, 0.717) is 0 Å². The molecule has 0 saturated carbocycles. The number of carbonyl (C=O) groups excluding carboxylic acids is 1. The Morgan fingerprint density at radius 1 is 1.38 bits per heavy atom. The number of amides is 1. The second kappa shape index (κ2) is 4.12. The molecule has 0 radical (unpaired) electrons. The first-order valence-electron chi connectivity index (χ1n) is 3.82. The van der Waals surface area contributed by atoms with Crippen molar-refractivity contribution in [2.24, 2.45) is 0 Å². The third-order valence-corrected chi connectivity index (χ3v) is 2.47. The Balaban J connectivity index is 2.83. The van der Waals surface area contributed by atoms with Crippen LogP contribution in [0.25, 0.3) is 0 Å². The molecule has 0 fully saturated rings. The Morgan fingerprint density at radius 2 is 1.92 bits per heavy atom. The molecule has 0 atom stereocenters. The summed E-state index contributed by atoms with van der Waals surface area (Å²) in [5, 5.41) is 2.65. The van der Waals surface area contributed by atoms with Gasteiger partial charge in [-0.1, -0.05) is 12.1 Å². The van der Waals surface area contributed by atoms with Crippen molar-refractivity contribution in [1.29, 1.82) is 4.61 Å². The molecule has 1 aromatic carbocycles. The molecule has 13 heavy (non-hydrogen) atoms. The third-order valence-electron chi connectivity index (χ3n) is 1.52. The van der Waals surface area contributed by atoms with E-state index in [9.17, 15) is 9.40 Å². The van der Waals surface area contributed by atoms with Crippen molar-refractivity contribution in [3.63, 3.8) is 0 Å². The SMILES string of the molecule is CC(=O)Nc1ccc([S-](C)#N)cc1. The topological polar surface area (TPSA) is 52.9 Å². The highest BCUT2D eigenvalue weighted by atomic mass is 32.2. The highest BCUT2D eigenvalue weighted by Crippen LogP contribution is 2.10. The summed E-state index contributed by atoms with van der Waals surface area (Å²) in [6.45, 7) is 1.46. The van der Waals surface area contributed by atoms with Gasteiger partial charge in [0, 0.05) is 12.6 Å². The van der Waals surface area contributed by atoms with Crippen LogP contribution >= 0.6 is 0 Å². The summed E-state index contributed by atoms with van der Waals surface area (Å²) < 4.78 is 9.24. The Hall–Kier alpha value is -1.25. The van der Waals surface area contributed by atoms with Crippen LogP contribution in [0.4, 0.5) is 5.69 Å². The molecular weight excluding hydrogens is 184 g/mol. The van der Waals surface area contributed by atoms with Crippen LogP contribution in [0.5, 0.6) is 0 Å². The average molecular weight is 195 g/mol. The van der Waals surface area contributed by atoms with Crippen molar-refractivity contribution >= 4 is 22.1 Å². The Kier molecular flexibility index (Phi) is 3.12. The van der Waals surface area contributed by atoms with Gasteiger partial charge in [0.25, 0.3) is 0 Å². The Labute approximate surface area is 79.7 Å². The van der Waals surface area contributed by atoms with Gasteiger partial charge in [0.2, 0.25) is 5.91 Å². The van der Waals surface area contributed by atoms with Crippen LogP contribution in [0, 0.1) is 4.61 Å². The predicted octanol–water partition coefficient (Wildman–Crippen LogP) is 1.73. The molecule has 1 amide bonds. The first kappa shape index (κ1) is 9.84. The quantitative estimate of drug-likeness (QED) is 0.694. The molecule has 0 aliphatic heterocycles. The van der Waals surface area contributed by atoms with Crippen molar-refractivity contribution in [3.05, 3.63) is 24.3 Å². The predicted molar refractivity (Wildman–Crippen MR) is 54.0 cm³/mol. The second-order valence-electron chi connectivity index (χ2n) is 2.68. The maximum Gasteiger partial charge on any atom is 0.221 e. The van der Waals surface area contributed by atoms with E-state index >= 15 is 0 Å². The first-order valence-corrected chi connectivity index (χ1v) is 5.41. The summed E-state index contributed by atoms with van der Waals surface area (Å²) in [6, 6.07) is 7.15. The minimum Gasteiger partial charge on any atom is -0.426 e. The fourth-order valence-corrected chi connectivity index (χ4v) is 1.47. The Bertz CT molecular complexity index is 375. The Morgan fingerprint density at radius 3 is 2.31 bits per heavy atom. The summed E-state index contributed by atoms with van der Waals surface area (Å²) in [5.74, 6) is -0.0905. The summed E-state index contributed by atoms with van der Waals surface area (Å²) >= 11 is 0. The van der Waals surface area contributed by atoms with Gasteiger partial charge in [-0.25, -0.2) is 0 Å². The molecule has 0 bridgehead atoms. The lowest BCUT2D eigenvalue weighted by molar-refractivity contribution is -0.114. The lowest BCUT2D eigenvalue weighted by Gasteiger charge is -2.08. The van der Waals surface area contributed by atoms with Gasteiger partial charge in [-0.3, -0.25) is 15.3 Å². The van der Waals surface area contributed by atoms with Crippen molar-refractivity contribution in [1.82, 2.24) is 0 Å². The van der Waals surface area contributed by atoms with Crippen LogP contribution in [0.1, 0.15) is 6.92 Å². The monoisotopic (exact) mass is 195 g/mol. The van der Waals surface area contributed by atoms with Crippen LogP contribution < -0.4 is 5.32 Å². The summed E-state index contributed by atoms with van der Waals surface area (Å²) in [6.07, 6.45) is 1.73. The molecule has 0 saturated heterocycles. The number of carbonyl (C=O) groups is 1. The van der Waals surface area contributed by atoms with Crippen LogP contribution in [-0.4, -0.2) is 12.2 Å². The first-order chi connectivity index (χ1) is 6.09. The number of rotatable bonds is 1. The maximum atomic E-state index is 10.7. The van der Waals surface area contributed by atoms with Crippen LogP contribution in [0.15, 0.2) is 29.2 Å². The molecule has 4 heteroatoms. The number of hydrogen-bond donors (Lipinski definition) is 1. The number of nitrogens with zero attached hydrogens (tertiary/aromatic N) is 1. The van der Waals surface area contributed by atoms with Gasteiger partial charge >= 0.3 is 0 Å². The minimum absolute atomic E-state index is 0.0905. The lowest BCUT2D eigenvalue weighted by atomic mass is 10.3. The fraction of sp³-hybridized carbons (Fsp3) is 0.222. The van der Waals surface area contributed by atoms with Gasteiger partial charge in [0.15, 0.2) is 0 Å². The average Bonchev–Trinajstić information content (AvgIpc) is 2.04. The van der Waals surface area contributed by atoms with E-state index in [1.165, 1.54) is 6.92 Å². The third kappa shape index (κ3) is 2.93. The van der Waals surface area contributed by atoms with E-state index in [1.807, 2.05) is 0 Å². The summed E-state index contributed by atoms with van der Waals surface area (Å²) in [5.41, 5.74) is 0.752. The zero-order valence-corrected chi connectivity index (χ0v) is 8.39. The molecule has 0 unspecified atom stereocenters. The van der Waals surface area contributed by atoms with Gasteiger partial charge in [-0.05, 0) is 12.1 Å². The summed E-state index contributed by atoms with van der Waals surface area (Å²) in [4.78, 5) is 11.5. The van der Waals surface area contributed by atoms with Crippen molar-refractivity contribution in [2.45, 2.75) is 11.8 Å². The zero-order valence-electron chi connectivity index (χ0n) is 7.57. The van der Waals surface area contributed by atoms with Crippen molar-refractivity contribution < 1.29 is 4.79 Å². The molecule has 1 rings (SSSR count). The molecule has 70 valence electrons. The van der Waals surface area contributed by atoms with Gasteiger partial charge in [0.05, 0.1) is 0 Å². The van der Waals surface area contributed by atoms with E-state index in [1.54, 1.807) is 30.5 Å². The zero-order chi connectivity index (χ0) is 9.84. The van der Waals surface area contributed by atoms with E-state index in [2.05, 4.69) is 5.32 Å². The van der Waals surface area contributed by atoms with Crippen molar-refractivity contribution in [3.8, 4) is 0 Å². The van der Waals surface area contributed by atoms with E-state index < -0.39 is 10.5 Å². The molecule has 1 N–H and O–H groups in total. The highest BCUT2D eigenvalue weighted by molar-refractivity contribution is 7.82. The molecule has 0 aliphatic rings. The number of hydrogen-bond acceptors (Lipinski definition) is 3. The van der Waals surface area contributed by atoms with Gasteiger partial charge in [0.1, 0.15) is 0 Å². The molecule has 3 nitrogen and oxygen atoms in total. The van der Waals surface area contributed by atoms with Gasteiger partial charge < -0.3 is 9.93 Å². The van der Waals surface area contributed by atoms with Crippen molar-refractivity contribution in [2.75, 3.05) is 11.6 Å². The highest BCUT2D eigenvalue weighted by Gasteiger charge is 1.92. The molecular formula is C9H11N2OS-. The van der Waals surface area contributed by atoms with E-state index in [-0.39, 0.29) is 5.91 Å². The maximum absolute atomic E-state index is 10.7.